The van der Waals surface area contributed by atoms with Crippen molar-refractivity contribution in [2.45, 2.75) is 31.5 Å². The van der Waals surface area contributed by atoms with E-state index in [1.165, 1.54) is 18.4 Å². The van der Waals surface area contributed by atoms with E-state index in [4.69, 9.17) is 4.74 Å². The lowest BCUT2D eigenvalue weighted by atomic mass is 9.94. The fourth-order valence-corrected chi connectivity index (χ4v) is 3.37. The van der Waals surface area contributed by atoms with Gasteiger partial charge in [-0.1, -0.05) is 73.0 Å². The number of ether oxygens (including phenoxy) is 1. The van der Waals surface area contributed by atoms with Gasteiger partial charge in [0.25, 0.3) is 0 Å². The molecule has 0 saturated carbocycles. The van der Waals surface area contributed by atoms with Gasteiger partial charge < -0.3 is 4.74 Å². The van der Waals surface area contributed by atoms with Crippen molar-refractivity contribution in [2.75, 3.05) is 0 Å². The molecule has 1 nitrogen and oxygen atoms in total. The molecule has 0 bridgehead atoms. The van der Waals surface area contributed by atoms with Crippen molar-refractivity contribution in [2.24, 2.45) is 5.92 Å². The van der Waals surface area contributed by atoms with Crippen LogP contribution in [0.2, 0.25) is 0 Å². The van der Waals surface area contributed by atoms with E-state index >= 15 is 0 Å². The van der Waals surface area contributed by atoms with E-state index < -0.39 is 0 Å². The van der Waals surface area contributed by atoms with E-state index in [0.29, 0.717) is 10.7 Å². The second-order valence-electron chi connectivity index (χ2n) is 4.96. The molecule has 1 unspecified atom stereocenters. The van der Waals surface area contributed by atoms with Crippen LogP contribution in [0.15, 0.2) is 54.6 Å². The second kappa shape index (κ2) is 7.49. The summed E-state index contributed by atoms with van der Waals surface area (Å²) in [6.07, 6.45) is 2.38. The minimum absolute atomic E-state index is 0.420. The van der Waals surface area contributed by atoms with Crippen LogP contribution in [0.25, 0.3) is 0 Å². The van der Waals surface area contributed by atoms with E-state index in [2.05, 4.69) is 41.9 Å². The van der Waals surface area contributed by atoms with E-state index in [1.54, 1.807) is 0 Å². The normalized spacial score (nSPS) is 12.4. The second-order valence-corrected chi connectivity index (χ2v) is 5.95. The lowest BCUT2D eigenvalue weighted by Gasteiger charge is -2.20. The first-order valence-electron chi connectivity index (χ1n) is 7.21. The predicted octanol–water partition coefficient (Wildman–Crippen LogP) is 6.35. The Labute approximate surface area is 130 Å². The fraction of sp³-hybridized carbons (Fsp3) is 0.333. The summed E-state index contributed by atoms with van der Waals surface area (Å²) in [6.45, 7) is 4.49. The summed E-state index contributed by atoms with van der Waals surface area (Å²) >= 11 is 3.82. The smallest absolute Gasteiger partial charge is 0.127 e. The van der Waals surface area contributed by atoms with Gasteiger partial charge in [0.2, 0.25) is 0 Å². The average molecular weight is 333 g/mol. The van der Waals surface area contributed by atoms with Crippen LogP contribution >= 0.6 is 15.9 Å². The number of rotatable bonds is 6. The first-order valence-corrected chi connectivity index (χ1v) is 8.13. The van der Waals surface area contributed by atoms with Crippen LogP contribution < -0.4 is 4.74 Å². The molecule has 2 heteroatoms. The summed E-state index contributed by atoms with van der Waals surface area (Å²) in [4.78, 5) is 0.420. The Bertz CT molecular complexity index is 503. The van der Waals surface area contributed by atoms with Crippen molar-refractivity contribution < 1.29 is 4.74 Å². The van der Waals surface area contributed by atoms with Crippen molar-refractivity contribution in [1.82, 2.24) is 0 Å². The molecule has 1 atom stereocenters. The Morgan fingerprint density at radius 3 is 1.95 bits per heavy atom. The van der Waals surface area contributed by atoms with Gasteiger partial charge in [0.1, 0.15) is 11.5 Å². The van der Waals surface area contributed by atoms with Crippen molar-refractivity contribution in [3.05, 3.63) is 60.2 Å². The number of halogens is 1. The third-order valence-corrected chi connectivity index (χ3v) is 4.92. The topological polar surface area (TPSA) is 9.23 Å². The van der Waals surface area contributed by atoms with Crippen LogP contribution in [-0.2, 0) is 0 Å². The third kappa shape index (κ3) is 3.86. The maximum atomic E-state index is 5.81. The van der Waals surface area contributed by atoms with Crippen LogP contribution in [0.5, 0.6) is 11.5 Å². The van der Waals surface area contributed by atoms with E-state index in [9.17, 15) is 0 Å². The zero-order chi connectivity index (χ0) is 14.4. The Balaban J connectivity index is 2.06. The number of para-hydroxylation sites is 1. The zero-order valence-corrected chi connectivity index (χ0v) is 13.6. The average Bonchev–Trinajstić information content (AvgIpc) is 2.50. The summed E-state index contributed by atoms with van der Waals surface area (Å²) in [6, 6.07) is 18.2. The minimum atomic E-state index is 0.420. The summed E-state index contributed by atoms with van der Waals surface area (Å²) in [5.74, 6) is 2.43. The molecule has 2 aromatic carbocycles. The van der Waals surface area contributed by atoms with Gasteiger partial charge in [-0.15, -0.1) is 0 Å². The molecule has 0 radical (unpaired) electrons. The largest absolute Gasteiger partial charge is 0.457 e. The molecular weight excluding hydrogens is 312 g/mol. The van der Waals surface area contributed by atoms with Gasteiger partial charge in [0, 0.05) is 4.83 Å². The highest BCUT2D eigenvalue weighted by molar-refractivity contribution is 9.09. The standard InChI is InChI=1S/C18H21BrO/c1-3-14(4-2)18(19)15-10-12-17(13-11-15)20-16-8-6-5-7-9-16/h5-14,18H,3-4H2,1-2H3. The van der Waals surface area contributed by atoms with Gasteiger partial charge in [-0.3, -0.25) is 0 Å². The summed E-state index contributed by atoms with van der Waals surface area (Å²) in [5.41, 5.74) is 1.32. The minimum Gasteiger partial charge on any atom is -0.457 e. The molecule has 2 rings (SSSR count). The fourth-order valence-electron chi connectivity index (χ4n) is 2.32. The Morgan fingerprint density at radius 2 is 1.40 bits per heavy atom. The molecule has 20 heavy (non-hydrogen) atoms. The van der Waals surface area contributed by atoms with Gasteiger partial charge in [0.05, 0.1) is 0 Å². The van der Waals surface area contributed by atoms with E-state index in [1.807, 2.05) is 42.5 Å². The number of hydrogen-bond donors (Lipinski definition) is 0. The van der Waals surface area contributed by atoms with Gasteiger partial charge in [-0.2, -0.15) is 0 Å². The van der Waals surface area contributed by atoms with Gasteiger partial charge >= 0.3 is 0 Å². The summed E-state index contributed by atoms with van der Waals surface area (Å²) in [7, 11) is 0. The molecule has 0 heterocycles. The molecule has 0 spiro atoms. The highest BCUT2D eigenvalue weighted by Gasteiger charge is 2.17. The third-order valence-electron chi connectivity index (χ3n) is 3.64. The van der Waals surface area contributed by atoms with E-state index in [-0.39, 0.29) is 0 Å². The number of alkyl halides is 1. The van der Waals surface area contributed by atoms with Crippen LogP contribution in [-0.4, -0.2) is 0 Å². The predicted molar refractivity (Wildman–Crippen MR) is 88.7 cm³/mol. The van der Waals surface area contributed by atoms with Crippen molar-refractivity contribution in [3.63, 3.8) is 0 Å². The summed E-state index contributed by atoms with van der Waals surface area (Å²) < 4.78 is 5.81. The first-order chi connectivity index (χ1) is 9.74. The van der Waals surface area contributed by atoms with Crippen LogP contribution in [0.3, 0.4) is 0 Å². The van der Waals surface area contributed by atoms with Gasteiger partial charge in [-0.05, 0) is 35.7 Å². The maximum absolute atomic E-state index is 5.81. The molecule has 2 aromatic rings. The SMILES string of the molecule is CCC(CC)C(Br)c1ccc(Oc2ccccc2)cc1. The lowest BCUT2D eigenvalue weighted by molar-refractivity contribution is 0.477. The number of benzene rings is 2. The van der Waals surface area contributed by atoms with Crippen LogP contribution in [0, 0.1) is 5.92 Å². The van der Waals surface area contributed by atoms with Gasteiger partial charge in [-0.25, -0.2) is 0 Å². The molecule has 0 aliphatic rings. The molecule has 0 aromatic heterocycles. The molecule has 0 saturated heterocycles. The maximum Gasteiger partial charge on any atom is 0.127 e. The molecular formula is C18H21BrO. The Kier molecular flexibility index (Phi) is 5.66. The molecule has 106 valence electrons. The van der Waals surface area contributed by atoms with Gasteiger partial charge in [0.15, 0.2) is 0 Å². The number of hydrogen-bond acceptors (Lipinski definition) is 1. The van der Waals surface area contributed by atoms with Crippen molar-refractivity contribution >= 4 is 15.9 Å². The molecule has 0 aliphatic carbocycles. The Hall–Kier alpha value is -1.28. The zero-order valence-electron chi connectivity index (χ0n) is 12.1. The Morgan fingerprint density at radius 1 is 0.850 bits per heavy atom. The molecule has 0 N–H and O–H groups in total. The highest BCUT2D eigenvalue weighted by Crippen LogP contribution is 2.36. The molecule has 0 amide bonds. The first kappa shape index (κ1) is 15.1. The lowest BCUT2D eigenvalue weighted by Crippen LogP contribution is -2.05. The quantitative estimate of drug-likeness (QED) is 0.560. The highest BCUT2D eigenvalue weighted by atomic mass is 79.9. The van der Waals surface area contributed by atoms with Crippen LogP contribution in [0.4, 0.5) is 0 Å². The van der Waals surface area contributed by atoms with Crippen LogP contribution in [0.1, 0.15) is 37.1 Å². The molecule has 0 fully saturated rings. The van der Waals surface area contributed by atoms with Crippen molar-refractivity contribution in [3.8, 4) is 11.5 Å². The summed E-state index contributed by atoms with van der Waals surface area (Å²) in [5, 5.41) is 0. The molecule has 0 aliphatic heterocycles. The van der Waals surface area contributed by atoms with E-state index in [0.717, 1.165) is 11.5 Å². The monoisotopic (exact) mass is 332 g/mol. The van der Waals surface area contributed by atoms with Crippen molar-refractivity contribution in [1.29, 1.82) is 0 Å².